The van der Waals surface area contributed by atoms with Crippen molar-refractivity contribution in [3.63, 3.8) is 0 Å². The summed E-state index contributed by atoms with van der Waals surface area (Å²) < 4.78 is 27.8. The molecule has 0 atom stereocenters. The summed E-state index contributed by atoms with van der Waals surface area (Å²) in [4.78, 5) is 16.1. The zero-order chi connectivity index (χ0) is 16.4. The average Bonchev–Trinajstić information content (AvgIpc) is 2.57. The second-order valence-electron chi connectivity index (χ2n) is 5.35. The van der Waals surface area contributed by atoms with E-state index in [1.54, 1.807) is 23.1 Å². The molecule has 0 spiro atoms. The van der Waals surface area contributed by atoms with Crippen LogP contribution in [0, 0.1) is 11.6 Å². The lowest BCUT2D eigenvalue weighted by Gasteiger charge is -2.36. The lowest BCUT2D eigenvalue weighted by molar-refractivity contribution is 0.0745. The van der Waals surface area contributed by atoms with Gasteiger partial charge in [-0.2, -0.15) is 0 Å². The average molecular weight is 381 g/mol. The largest absolute Gasteiger partial charge is 0.366 e. The quantitative estimate of drug-likeness (QED) is 0.792. The van der Waals surface area contributed by atoms with Gasteiger partial charge in [0.05, 0.1) is 11.3 Å². The Balaban J connectivity index is 1.70. The van der Waals surface area contributed by atoms with Crippen LogP contribution in [-0.4, -0.2) is 37.0 Å². The van der Waals surface area contributed by atoms with Crippen LogP contribution in [0.2, 0.25) is 0 Å². The van der Waals surface area contributed by atoms with Crippen LogP contribution < -0.4 is 4.90 Å². The molecule has 23 heavy (non-hydrogen) atoms. The molecule has 2 aromatic rings. The number of piperazine rings is 1. The fourth-order valence-electron chi connectivity index (χ4n) is 2.69. The molecule has 1 aliphatic heterocycles. The molecule has 1 amide bonds. The fourth-order valence-corrected chi connectivity index (χ4v) is 3.11. The third-order valence-corrected chi connectivity index (χ3v) is 4.61. The second kappa shape index (κ2) is 6.66. The summed E-state index contributed by atoms with van der Waals surface area (Å²) in [5, 5.41) is 0. The maximum atomic E-state index is 13.8. The molecule has 3 rings (SSSR count). The van der Waals surface area contributed by atoms with Crippen LogP contribution in [0.25, 0.3) is 0 Å². The molecular weight excluding hydrogens is 366 g/mol. The van der Waals surface area contributed by atoms with Crippen LogP contribution in [0.15, 0.2) is 46.9 Å². The monoisotopic (exact) mass is 380 g/mol. The molecule has 0 N–H and O–H groups in total. The van der Waals surface area contributed by atoms with E-state index in [1.165, 1.54) is 24.3 Å². The van der Waals surface area contributed by atoms with Gasteiger partial charge in [0.2, 0.25) is 0 Å². The minimum absolute atomic E-state index is 0.218. The number of carbonyl (C=O) groups is 1. The van der Waals surface area contributed by atoms with E-state index >= 15 is 0 Å². The topological polar surface area (TPSA) is 23.6 Å². The number of hydrogen-bond donors (Lipinski definition) is 0. The summed E-state index contributed by atoms with van der Waals surface area (Å²) in [6, 6.07) is 10.7. The number of benzene rings is 2. The lowest BCUT2D eigenvalue weighted by atomic mass is 10.1. The molecule has 2 aromatic carbocycles. The van der Waals surface area contributed by atoms with Gasteiger partial charge in [0.15, 0.2) is 0 Å². The van der Waals surface area contributed by atoms with Crippen LogP contribution in [-0.2, 0) is 0 Å². The predicted molar refractivity (Wildman–Crippen MR) is 88.6 cm³/mol. The Morgan fingerprint density at radius 2 is 1.70 bits per heavy atom. The van der Waals surface area contributed by atoms with E-state index in [0.29, 0.717) is 41.9 Å². The normalized spacial score (nSPS) is 14.9. The smallest absolute Gasteiger partial charge is 0.255 e. The molecule has 6 heteroatoms. The number of amides is 1. The Morgan fingerprint density at radius 1 is 1.00 bits per heavy atom. The van der Waals surface area contributed by atoms with Gasteiger partial charge in [-0.15, -0.1) is 0 Å². The van der Waals surface area contributed by atoms with E-state index in [0.717, 1.165) is 0 Å². The Morgan fingerprint density at radius 3 is 2.39 bits per heavy atom. The highest BCUT2D eigenvalue weighted by Crippen LogP contribution is 2.23. The maximum Gasteiger partial charge on any atom is 0.255 e. The first-order valence-corrected chi connectivity index (χ1v) is 8.09. The molecule has 1 fully saturated rings. The molecule has 120 valence electrons. The number of rotatable bonds is 2. The summed E-state index contributed by atoms with van der Waals surface area (Å²) in [6.45, 7) is 2.02. The SMILES string of the molecule is O=C(c1cc(F)ccc1Br)N1CCN(c2ccccc2F)CC1. The van der Waals surface area contributed by atoms with Crippen LogP contribution in [0.3, 0.4) is 0 Å². The maximum absolute atomic E-state index is 13.8. The van der Waals surface area contributed by atoms with E-state index in [9.17, 15) is 13.6 Å². The molecule has 0 aromatic heterocycles. The van der Waals surface area contributed by atoms with Gasteiger partial charge in [0.25, 0.3) is 5.91 Å². The first-order chi connectivity index (χ1) is 11.1. The van der Waals surface area contributed by atoms with Gasteiger partial charge in [-0.25, -0.2) is 8.78 Å². The van der Waals surface area contributed by atoms with Crippen molar-refractivity contribution in [2.45, 2.75) is 0 Å². The van der Waals surface area contributed by atoms with Crippen molar-refractivity contribution in [3.8, 4) is 0 Å². The van der Waals surface area contributed by atoms with Gasteiger partial charge in [-0.1, -0.05) is 12.1 Å². The molecule has 0 saturated carbocycles. The van der Waals surface area contributed by atoms with Crippen molar-refractivity contribution in [2.24, 2.45) is 0 Å². The van der Waals surface area contributed by atoms with Crippen molar-refractivity contribution >= 4 is 27.5 Å². The minimum Gasteiger partial charge on any atom is -0.366 e. The molecule has 0 unspecified atom stereocenters. The third kappa shape index (κ3) is 3.37. The molecule has 0 radical (unpaired) electrons. The van der Waals surface area contributed by atoms with Crippen molar-refractivity contribution in [2.75, 3.05) is 31.1 Å². The van der Waals surface area contributed by atoms with E-state index in [1.807, 2.05) is 4.90 Å². The van der Waals surface area contributed by atoms with Crippen LogP contribution >= 0.6 is 15.9 Å². The van der Waals surface area contributed by atoms with Crippen LogP contribution in [0.5, 0.6) is 0 Å². The van der Waals surface area contributed by atoms with Gasteiger partial charge in [0, 0.05) is 30.7 Å². The molecule has 1 aliphatic rings. The van der Waals surface area contributed by atoms with E-state index < -0.39 is 5.82 Å². The van der Waals surface area contributed by atoms with Crippen molar-refractivity contribution in [1.29, 1.82) is 0 Å². The standard InChI is InChI=1S/C17H15BrF2N2O/c18-14-6-5-12(19)11-13(14)17(23)22-9-7-21(8-10-22)16-4-2-1-3-15(16)20/h1-6,11H,7-10H2. The van der Waals surface area contributed by atoms with Gasteiger partial charge < -0.3 is 9.80 Å². The van der Waals surface area contributed by atoms with Crippen molar-refractivity contribution in [1.82, 2.24) is 4.90 Å². The number of nitrogens with zero attached hydrogens (tertiary/aromatic N) is 2. The Kier molecular flexibility index (Phi) is 4.61. The second-order valence-corrected chi connectivity index (χ2v) is 6.21. The van der Waals surface area contributed by atoms with E-state index in [-0.39, 0.29) is 11.7 Å². The number of carbonyl (C=O) groups excluding carboxylic acids is 1. The molecule has 3 nitrogen and oxygen atoms in total. The van der Waals surface area contributed by atoms with Crippen LogP contribution in [0.4, 0.5) is 14.5 Å². The van der Waals surface area contributed by atoms with Gasteiger partial charge >= 0.3 is 0 Å². The van der Waals surface area contributed by atoms with E-state index in [2.05, 4.69) is 15.9 Å². The summed E-state index contributed by atoms with van der Waals surface area (Å²) in [7, 11) is 0. The Hall–Kier alpha value is -1.95. The zero-order valence-electron chi connectivity index (χ0n) is 12.3. The third-order valence-electron chi connectivity index (χ3n) is 3.92. The lowest BCUT2D eigenvalue weighted by Crippen LogP contribution is -2.49. The van der Waals surface area contributed by atoms with Gasteiger partial charge in [-0.05, 0) is 46.3 Å². The summed E-state index contributed by atoms with van der Waals surface area (Å²) >= 11 is 3.28. The van der Waals surface area contributed by atoms with E-state index in [4.69, 9.17) is 0 Å². The highest BCUT2D eigenvalue weighted by Gasteiger charge is 2.24. The first kappa shape index (κ1) is 15.9. The summed E-state index contributed by atoms with van der Waals surface area (Å²) in [6.07, 6.45) is 0. The number of para-hydroxylation sites is 1. The van der Waals surface area contributed by atoms with Crippen LogP contribution in [0.1, 0.15) is 10.4 Å². The fraction of sp³-hybridized carbons (Fsp3) is 0.235. The first-order valence-electron chi connectivity index (χ1n) is 7.30. The Bertz CT molecular complexity index is 730. The summed E-state index contributed by atoms with van der Waals surface area (Å²) in [5.41, 5.74) is 0.857. The van der Waals surface area contributed by atoms with Crippen molar-refractivity contribution in [3.05, 3.63) is 64.1 Å². The molecular formula is C17H15BrF2N2O. The number of hydrogen-bond acceptors (Lipinski definition) is 2. The zero-order valence-corrected chi connectivity index (χ0v) is 13.9. The highest BCUT2D eigenvalue weighted by molar-refractivity contribution is 9.10. The van der Waals surface area contributed by atoms with Gasteiger partial charge in [0.1, 0.15) is 11.6 Å². The predicted octanol–water partition coefficient (Wildman–Crippen LogP) is 3.69. The molecule has 1 heterocycles. The highest BCUT2D eigenvalue weighted by atomic mass is 79.9. The number of anilines is 1. The number of halogens is 3. The molecule has 0 bridgehead atoms. The molecule has 0 aliphatic carbocycles. The Labute approximate surface area is 141 Å². The summed E-state index contributed by atoms with van der Waals surface area (Å²) in [5.74, 6) is -0.925. The molecule has 1 saturated heterocycles. The van der Waals surface area contributed by atoms with Crippen molar-refractivity contribution < 1.29 is 13.6 Å². The van der Waals surface area contributed by atoms with Gasteiger partial charge in [-0.3, -0.25) is 4.79 Å². The minimum atomic E-state index is -0.443.